The first-order valence-corrected chi connectivity index (χ1v) is 11.2. The Hall–Kier alpha value is -2.59. The lowest BCUT2D eigenvalue weighted by Gasteiger charge is -2.44. The van der Waals surface area contributed by atoms with Crippen molar-refractivity contribution in [2.45, 2.75) is 63.3 Å². The fraction of sp³-hybridized carbons (Fsp3) is 0.480. The van der Waals surface area contributed by atoms with E-state index in [4.69, 9.17) is 9.47 Å². The quantitative estimate of drug-likeness (QED) is 0.324. The highest BCUT2D eigenvalue weighted by Gasteiger charge is 2.40. The number of rotatable bonds is 7. The van der Waals surface area contributed by atoms with E-state index in [1.54, 1.807) is 0 Å². The third kappa shape index (κ3) is 6.55. The highest BCUT2D eigenvalue weighted by molar-refractivity contribution is 5.75. The number of esters is 1. The van der Waals surface area contributed by atoms with E-state index in [-0.39, 0.29) is 11.6 Å². The largest absolute Gasteiger partial charge is 0.468 e. The van der Waals surface area contributed by atoms with Crippen LogP contribution in [0.15, 0.2) is 48.5 Å². The summed E-state index contributed by atoms with van der Waals surface area (Å²) >= 11 is 0. The van der Waals surface area contributed by atoms with Crippen molar-refractivity contribution in [3.8, 4) is 0 Å². The van der Waals surface area contributed by atoms with Gasteiger partial charge in [-0.3, -0.25) is 9.69 Å². The lowest BCUT2D eigenvalue weighted by molar-refractivity contribution is -0.152. The van der Waals surface area contributed by atoms with E-state index in [1.807, 2.05) is 42.2 Å². The smallest absolute Gasteiger partial charge is 0.416 e. The lowest BCUT2D eigenvalue weighted by Crippen LogP contribution is -2.51. The molecule has 2 aromatic carbocycles. The minimum atomic E-state index is -4.93. The number of nitrogens with zero attached hydrogens (tertiary/aromatic N) is 1. The number of benzene rings is 2. The Balaban J connectivity index is 1.93. The molecule has 2 aromatic rings. The van der Waals surface area contributed by atoms with Gasteiger partial charge in [-0.05, 0) is 55.1 Å². The van der Waals surface area contributed by atoms with E-state index in [9.17, 15) is 31.1 Å². The van der Waals surface area contributed by atoms with Gasteiger partial charge in [0.25, 0.3) is 0 Å². The molecule has 3 unspecified atom stereocenters. The number of ether oxygens (including phenoxy) is 2. The summed E-state index contributed by atoms with van der Waals surface area (Å²) in [6, 6.07) is 9.63. The summed E-state index contributed by atoms with van der Waals surface area (Å²) in [5, 5.41) is 0. The molecule has 3 rings (SSSR count). The fourth-order valence-corrected chi connectivity index (χ4v) is 4.54. The van der Waals surface area contributed by atoms with Crippen LogP contribution in [0.3, 0.4) is 0 Å². The van der Waals surface area contributed by atoms with Gasteiger partial charge in [0, 0.05) is 0 Å². The molecule has 0 N–H and O–H groups in total. The van der Waals surface area contributed by atoms with E-state index >= 15 is 0 Å². The summed E-state index contributed by atoms with van der Waals surface area (Å²) in [6.45, 7) is 1.97. The molecule has 0 aliphatic carbocycles. The second-order valence-electron chi connectivity index (χ2n) is 8.45. The standard InChI is InChI=1S/C25H27F6NO3/c1-3-20(23(33)34-2)32-11-7-10-21(22(32)17-8-5-4-6-9-17)35-15-16-12-18(24(26,27)28)14-19(13-16)25(29,30)31/h4-6,8-9,12-14,20-22H,3,7,10-11,15H2,1-2H3. The summed E-state index contributed by atoms with van der Waals surface area (Å²) in [5.41, 5.74) is -2.16. The normalized spacial score (nSPS) is 20.5. The number of carbonyl (C=O) groups is 1. The van der Waals surface area contributed by atoms with Crippen LogP contribution in [0.4, 0.5) is 26.3 Å². The Kier molecular flexibility index (Phi) is 8.48. The molecule has 1 fully saturated rings. The van der Waals surface area contributed by atoms with Crippen LogP contribution in [0, 0.1) is 0 Å². The van der Waals surface area contributed by atoms with Gasteiger partial charge in [0.15, 0.2) is 0 Å². The molecule has 0 aromatic heterocycles. The number of hydrogen-bond donors (Lipinski definition) is 0. The zero-order valence-electron chi connectivity index (χ0n) is 19.3. The Labute approximate surface area is 199 Å². The van der Waals surface area contributed by atoms with E-state index in [0.29, 0.717) is 37.9 Å². The minimum absolute atomic E-state index is 0.0980. The van der Waals surface area contributed by atoms with Crippen molar-refractivity contribution < 1.29 is 40.6 Å². The molecule has 35 heavy (non-hydrogen) atoms. The van der Waals surface area contributed by atoms with Gasteiger partial charge in [-0.25, -0.2) is 0 Å². The first kappa shape index (κ1) is 27.0. The van der Waals surface area contributed by atoms with Crippen molar-refractivity contribution in [1.82, 2.24) is 4.90 Å². The molecule has 1 heterocycles. The first-order chi connectivity index (χ1) is 16.5. The lowest BCUT2D eigenvalue weighted by atomic mass is 9.90. The summed E-state index contributed by atoms with van der Waals surface area (Å²) in [5.74, 6) is -0.415. The van der Waals surface area contributed by atoms with Crippen LogP contribution in [0.25, 0.3) is 0 Å². The maximum Gasteiger partial charge on any atom is 0.416 e. The molecule has 1 aliphatic heterocycles. The molecule has 0 radical (unpaired) electrons. The third-order valence-corrected chi connectivity index (χ3v) is 6.13. The molecular formula is C25H27F6NO3. The molecule has 10 heteroatoms. The van der Waals surface area contributed by atoms with Crippen molar-refractivity contribution >= 4 is 5.97 Å². The minimum Gasteiger partial charge on any atom is -0.468 e. The van der Waals surface area contributed by atoms with Gasteiger partial charge in [-0.2, -0.15) is 26.3 Å². The zero-order valence-corrected chi connectivity index (χ0v) is 19.3. The molecule has 0 spiro atoms. The number of alkyl halides is 6. The van der Waals surface area contributed by atoms with Gasteiger partial charge < -0.3 is 9.47 Å². The highest BCUT2D eigenvalue weighted by Crippen LogP contribution is 2.38. The average Bonchev–Trinajstić information content (AvgIpc) is 2.82. The van der Waals surface area contributed by atoms with Crippen LogP contribution in [0.5, 0.6) is 0 Å². The second-order valence-corrected chi connectivity index (χ2v) is 8.45. The molecule has 192 valence electrons. The van der Waals surface area contributed by atoms with Crippen molar-refractivity contribution in [2.24, 2.45) is 0 Å². The van der Waals surface area contributed by atoms with Crippen LogP contribution < -0.4 is 0 Å². The molecule has 3 atom stereocenters. The van der Waals surface area contributed by atoms with Crippen molar-refractivity contribution in [3.63, 3.8) is 0 Å². The number of piperidine rings is 1. The van der Waals surface area contributed by atoms with Crippen molar-refractivity contribution in [1.29, 1.82) is 0 Å². The maximum absolute atomic E-state index is 13.2. The molecule has 4 nitrogen and oxygen atoms in total. The molecule has 0 bridgehead atoms. The van der Waals surface area contributed by atoms with Crippen LogP contribution in [0.2, 0.25) is 0 Å². The number of methoxy groups -OCH3 is 1. The second kappa shape index (κ2) is 11.0. The van der Waals surface area contributed by atoms with Crippen LogP contribution in [-0.2, 0) is 33.2 Å². The zero-order chi connectivity index (χ0) is 25.8. The summed E-state index contributed by atoms with van der Waals surface area (Å²) in [6.07, 6.45) is -8.80. The Bertz CT molecular complexity index is 961. The first-order valence-electron chi connectivity index (χ1n) is 11.2. The van der Waals surface area contributed by atoms with Gasteiger partial charge in [-0.15, -0.1) is 0 Å². The Morgan fingerprint density at radius 2 is 1.63 bits per heavy atom. The molecule has 0 amide bonds. The predicted octanol–water partition coefficient (Wildman–Crippen LogP) is 6.40. The van der Waals surface area contributed by atoms with Gasteiger partial charge in [0.1, 0.15) is 6.04 Å². The van der Waals surface area contributed by atoms with E-state index in [0.717, 1.165) is 5.56 Å². The molecular weight excluding hydrogens is 476 g/mol. The molecule has 1 aliphatic rings. The summed E-state index contributed by atoms with van der Waals surface area (Å²) < 4.78 is 90.4. The molecule has 1 saturated heterocycles. The van der Waals surface area contributed by atoms with Crippen LogP contribution in [0.1, 0.15) is 54.5 Å². The number of carbonyl (C=O) groups excluding carboxylic acids is 1. The number of likely N-dealkylation sites (tertiary alicyclic amines) is 1. The monoisotopic (exact) mass is 503 g/mol. The van der Waals surface area contributed by atoms with Gasteiger partial charge in [0.2, 0.25) is 0 Å². The number of halogens is 6. The van der Waals surface area contributed by atoms with Crippen LogP contribution >= 0.6 is 0 Å². The Morgan fingerprint density at radius 3 is 2.14 bits per heavy atom. The predicted molar refractivity (Wildman–Crippen MR) is 116 cm³/mol. The third-order valence-electron chi connectivity index (χ3n) is 6.13. The fourth-order valence-electron chi connectivity index (χ4n) is 4.54. The van der Waals surface area contributed by atoms with Crippen LogP contribution in [-0.4, -0.2) is 36.7 Å². The van der Waals surface area contributed by atoms with Crippen molar-refractivity contribution in [2.75, 3.05) is 13.7 Å². The van der Waals surface area contributed by atoms with E-state index in [1.165, 1.54) is 7.11 Å². The SMILES string of the molecule is CCC(C(=O)OC)N1CCCC(OCc2cc(C(F)(F)F)cc(C(F)(F)F)c2)C1c1ccccc1. The molecule has 0 saturated carbocycles. The number of hydrogen-bond acceptors (Lipinski definition) is 4. The topological polar surface area (TPSA) is 38.8 Å². The van der Waals surface area contributed by atoms with Gasteiger partial charge in [-0.1, -0.05) is 37.3 Å². The highest BCUT2D eigenvalue weighted by atomic mass is 19.4. The van der Waals surface area contributed by atoms with E-state index in [2.05, 4.69) is 0 Å². The maximum atomic E-state index is 13.2. The average molecular weight is 503 g/mol. The Morgan fingerprint density at radius 1 is 1.03 bits per heavy atom. The van der Waals surface area contributed by atoms with E-state index < -0.39 is 54.2 Å². The van der Waals surface area contributed by atoms with Crippen molar-refractivity contribution in [3.05, 3.63) is 70.8 Å². The summed E-state index contributed by atoms with van der Waals surface area (Å²) in [4.78, 5) is 14.4. The van der Waals surface area contributed by atoms with Gasteiger partial charge >= 0.3 is 18.3 Å². The van der Waals surface area contributed by atoms with Gasteiger partial charge in [0.05, 0.1) is 37.0 Å². The summed E-state index contributed by atoms with van der Waals surface area (Å²) in [7, 11) is 1.30.